The fourth-order valence-corrected chi connectivity index (χ4v) is 3.38. The highest BCUT2D eigenvalue weighted by Gasteiger charge is 2.26. The lowest BCUT2D eigenvalue weighted by atomic mass is 10.0. The van der Waals surface area contributed by atoms with Crippen molar-refractivity contribution in [1.29, 1.82) is 0 Å². The van der Waals surface area contributed by atoms with Gasteiger partial charge in [-0.2, -0.15) is 0 Å². The van der Waals surface area contributed by atoms with E-state index < -0.39 is 11.5 Å². The Morgan fingerprint density at radius 2 is 2.00 bits per heavy atom. The first-order chi connectivity index (χ1) is 13.1. The maximum Gasteiger partial charge on any atom is 0.354 e. The zero-order valence-electron chi connectivity index (χ0n) is 14.7. The minimum Gasteiger partial charge on any atom is -0.496 e. The first-order valence-corrected chi connectivity index (χ1v) is 8.58. The summed E-state index contributed by atoms with van der Waals surface area (Å²) in [6, 6.07) is 7.40. The number of piperazine rings is 1. The van der Waals surface area contributed by atoms with Gasteiger partial charge in [-0.15, -0.1) is 5.10 Å². The lowest BCUT2D eigenvalue weighted by molar-refractivity contribution is 0.0689. The fraction of sp³-hybridized carbons (Fsp3) is 0.278. The highest BCUT2D eigenvalue weighted by Crippen LogP contribution is 2.38. The summed E-state index contributed by atoms with van der Waals surface area (Å²) in [5.74, 6) is 0.0339. The molecule has 0 saturated carbocycles. The Hall–Kier alpha value is -3.33. The smallest absolute Gasteiger partial charge is 0.354 e. The van der Waals surface area contributed by atoms with Crippen molar-refractivity contribution in [2.45, 2.75) is 0 Å². The average molecular weight is 369 g/mol. The second-order valence-corrected chi connectivity index (χ2v) is 6.23. The SMILES string of the molecule is COc1ccccc1-c1c(N2CCNCC2)nn2cc(C(=O)O)[nH]c(=O)c12. The number of para-hydroxylation sites is 1. The molecule has 0 bridgehead atoms. The van der Waals surface area contributed by atoms with E-state index in [0.29, 0.717) is 17.1 Å². The van der Waals surface area contributed by atoms with E-state index in [9.17, 15) is 14.7 Å². The number of hydrogen-bond donors (Lipinski definition) is 3. The molecule has 1 fully saturated rings. The van der Waals surface area contributed by atoms with Crippen LogP contribution in [0.4, 0.5) is 5.82 Å². The summed E-state index contributed by atoms with van der Waals surface area (Å²) in [5.41, 5.74) is 0.931. The Balaban J connectivity index is 2.04. The molecule has 3 heterocycles. The van der Waals surface area contributed by atoms with Crippen molar-refractivity contribution in [1.82, 2.24) is 19.9 Å². The number of H-pyrrole nitrogens is 1. The highest BCUT2D eigenvalue weighted by atomic mass is 16.5. The molecule has 0 spiro atoms. The summed E-state index contributed by atoms with van der Waals surface area (Å²) in [5, 5.41) is 17.1. The van der Waals surface area contributed by atoms with Gasteiger partial charge in [0.15, 0.2) is 5.82 Å². The molecule has 0 amide bonds. The highest BCUT2D eigenvalue weighted by molar-refractivity contribution is 5.93. The second kappa shape index (κ2) is 6.76. The molecule has 27 heavy (non-hydrogen) atoms. The number of methoxy groups -OCH3 is 1. The third-order valence-corrected chi connectivity index (χ3v) is 4.63. The number of aromatic nitrogens is 3. The predicted molar refractivity (Wildman–Crippen MR) is 99.8 cm³/mol. The molecular weight excluding hydrogens is 350 g/mol. The van der Waals surface area contributed by atoms with Gasteiger partial charge in [-0.3, -0.25) is 4.79 Å². The van der Waals surface area contributed by atoms with E-state index in [2.05, 4.69) is 20.3 Å². The number of anilines is 1. The van der Waals surface area contributed by atoms with E-state index in [1.165, 1.54) is 10.7 Å². The van der Waals surface area contributed by atoms with Gasteiger partial charge in [-0.1, -0.05) is 18.2 Å². The van der Waals surface area contributed by atoms with Crippen molar-refractivity contribution < 1.29 is 14.6 Å². The number of fused-ring (bicyclic) bond motifs is 1. The number of carboxylic acid groups (broad SMARTS) is 1. The first-order valence-electron chi connectivity index (χ1n) is 8.58. The number of benzene rings is 1. The van der Waals surface area contributed by atoms with Crippen LogP contribution in [-0.2, 0) is 0 Å². The molecule has 1 aliphatic heterocycles. The maximum atomic E-state index is 12.7. The van der Waals surface area contributed by atoms with E-state index >= 15 is 0 Å². The van der Waals surface area contributed by atoms with Crippen molar-refractivity contribution in [3.8, 4) is 16.9 Å². The van der Waals surface area contributed by atoms with Crippen LogP contribution >= 0.6 is 0 Å². The molecule has 0 unspecified atom stereocenters. The van der Waals surface area contributed by atoms with Gasteiger partial charge in [0, 0.05) is 31.7 Å². The van der Waals surface area contributed by atoms with Gasteiger partial charge in [-0.05, 0) is 6.07 Å². The van der Waals surface area contributed by atoms with Crippen LogP contribution in [0.25, 0.3) is 16.6 Å². The number of carboxylic acids is 1. The van der Waals surface area contributed by atoms with Crippen molar-refractivity contribution in [2.24, 2.45) is 0 Å². The number of aromatic amines is 1. The topological polar surface area (TPSA) is 112 Å². The molecule has 9 nitrogen and oxygen atoms in total. The Kier molecular flexibility index (Phi) is 4.28. The number of rotatable bonds is 4. The van der Waals surface area contributed by atoms with Gasteiger partial charge >= 0.3 is 5.97 Å². The van der Waals surface area contributed by atoms with E-state index in [-0.39, 0.29) is 11.2 Å². The van der Waals surface area contributed by atoms with Crippen LogP contribution in [0, 0.1) is 0 Å². The van der Waals surface area contributed by atoms with Crippen LogP contribution in [-0.4, -0.2) is 59.0 Å². The van der Waals surface area contributed by atoms with Gasteiger partial charge in [0.1, 0.15) is 17.0 Å². The van der Waals surface area contributed by atoms with E-state index in [0.717, 1.165) is 31.7 Å². The number of carbonyl (C=O) groups is 1. The largest absolute Gasteiger partial charge is 0.496 e. The third-order valence-electron chi connectivity index (χ3n) is 4.63. The molecule has 0 atom stereocenters. The van der Waals surface area contributed by atoms with Crippen molar-refractivity contribution in [3.05, 3.63) is 46.5 Å². The molecular formula is C18H19N5O4. The van der Waals surface area contributed by atoms with Crippen LogP contribution in [0.5, 0.6) is 5.75 Å². The van der Waals surface area contributed by atoms with Crippen molar-refractivity contribution in [2.75, 3.05) is 38.2 Å². The van der Waals surface area contributed by atoms with Crippen LogP contribution in [0.15, 0.2) is 35.3 Å². The summed E-state index contributed by atoms with van der Waals surface area (Å²) >= 11 is 0. The predicted octanol–water partition coefficient (Wildman–Crippen LogP) is 0.806. The van der Waals surface area contributed by atoms with Crippen LogP contribution in [0.3, 0.4) is 0 Å². The summed E-state index contributed by atoms with van der Waals surface area (Å²) in [6.07, 6.45) is 1.32. The summed E-state index contributed by atoms with van der Waals surface area (Å²) in [6.45, 7) is 3.07. The minimum absolute atomic E-state index is 0.214. The fourth-order valence-electron chi connectivity index (χ4n) is 3.38. The summed E-state index contributed by atoms with van der Waals surface area (Å²) < 4.78 is 6.84. The molecule has 1 saturated heterocycles. The Bertz CT molecular complexity index is 1070. The number of aromatic carboxylic acids is 1. The Morgan fingerprint density at radius 1 is 1.26 bits per heavy atom. The quantitative estimate of drug-likeness (QED) is 0.624. The molecule has 1 aliphatic rings. The Morgan fingerprint density at radius 3 is 2.70 bits per heavy atom. The van der Waals surface area contributed by atoms with Crippen LogP contribution < -0.4 is 20.5 Å². The molecule has 0 aliphatic carbocycles. The summed E-state index contributed by atoms with van der Waals surface area (Å²) in [4.78, 5) is 28.6. The Labute approximate surface area is 154 Å². The average Bonchev–Trinajstić information content (AvgIpc) is 3.08. The van der Waals surface area contributed by atoms with Crippen LogP contribution in [0.2, 0.25) is 0 Å². The first kappa shape index (κ1) is 17.1. The molecule has 3 aromatic rings. The lowest BCUT2D eigenvalue weighted by Crippen LogP contribution is -2.43. The third kappa shape index (κ3) is 2.91. The maximum absolute atomic E-state index is 12.7. The molecule has 1 aromatic carbocycles. The zero-order valence-corrected chi connectivity index (χ0v) is 14.7. The van der Waals surface area contributed by atoms with Gasteiger partial charge in [-0.25, -0.2) is 9.31 Å². The van der Waals surface area contributed by atoms with Crippen molar-refractivity contribution >= 4 is 17.3 Å². The standard InChI is InChI=1S/C18H19N5O4/c1-27-13-5-3-2-4-11(13)14-15-17(24)20-12(18(25)26)10-23(15)21-16(14)22-8-6-19-7-9-22/h2-5,10,19H,6-9H2,1H3,(H,20,24)(H,25,26). The van der Waals surface area contributed by atoms with E-state index in [1.807, 2.05) is 24.3 Å². The number of nitrogens with one attached hydrogen (secondary N) is 2. The van der Waals surface area contributed by atoms with Gasteiger partial charge in [0.25, 0.3) is 5.56 Å². The molecule has 9 heteroatoms. The normalized spacial score (nSPS) is 14.5. The van der Waals surface area contributed by atoms with Gasteiger partial charge in [0.2, 0.25) is 0 Å². The number of nitrogens with zero attached hydrogens (tertiary/aromatic N) is 3. The monoisotopic (exact) mass is 369 g/mol. The molecule has 2 aromatic heterocycles. The number of hydrogen-bond acceptors (Lipinski definition) is 6. The molecule has 0 radical (unpaired) electrons. The molecule has 3 N–H and O–H groups in total. The number of ether oxygens (including phenoxy) is 1. The van der Waals surface area contributed by atoms with Gasteiger partial charge in [0.05, 0.1) is 18.9 Å². The van der Waals surface area contributed by atoms with Gasteiger partial charge < -0.3 is 25.0 Å². The van der Waals surface area contributed by atoms with E-state index in [4.69, 9.17) is 4.74 Å². The van der Waals surface area contributed by atoms with Crippen LogP contribution in [0.1, 0.15) is 10.5 Å². The second-order valence-electron chi connectivity index (χ2n) is 6.23. The van der Waals surface area contributed by atoms with Crippen molar-refractivity contribution in [3.63, 3.8) is 0 Å². The summed E-state index contributed by atoms with van der Waals surface area (Å²) in [7, 11) is 1.57. The molecule has 4 rings (SSSR count). The molecule has 140 valence electrons. The zero-order chi connectivity index (χ0) is 19.0. The lowest BCUT2D eigenvalue weighted by Gasteiger charge is -2.28. The van der Waals surface area contributed by atoms with E-state index in [1.54, 1.807) is 7.11 Å². The minimum atomic E-state index is -1.22.